The van der Waals surface area contributed by atoms with Crippen molar-refractivity contribution in [1.29, 1.82) is 0 Å². The van der Waals surface area contributed by atoms with E-state index in [4.69, 9.17) is 34.3 Å². The Bertz CT molecular complexity index is 838. The number of carboxylic acid groups (broad SMARTS) is 2. The number of anilines is 1. The smallest absolute Gasteiger partial charge is 0.414 e. The first-order valence-corrected chi connectivity index (χ1v) is 10.9. The molecule has 0 unspecified atom stereocenters. The van der Waals surface area contributed by atoms with Gasteiger partial charge >= 0.3 is 11.9 Å². The summed E-state index contributed by atoms with van der Waals surface area (Å²) in [5.41, 5.74) is 1.85. The molecule has 0 spiro atoms. The fourth-order valence-corrected chi connectivity index (χ4v) is 3.40. The molecule has 2 aromatic heterocycles. The van der Waals surface area contributed by atoms with Crippen molar-refractivity contribution in [2.75, 3.05) is 51.4 Å². The van der Waals surface area contributed by atoms with Crippen LogP contribution in [0, 0.1) is 0 Å². The molecule has 0 radical (unpaired) electrons. The lowest BCUT2D eigenvalue weighted by Crippen LogP contribution is -2.41. The SMILES string of the molecule is CCOCCN1CCC(Nc2nc3cccnc3n2CCOCC)CC1.O=C(O)C(=O)O. The number of hydrogen-bond acceptors (Lipinski definition) is 8. The van der Waals surface area contributed by atoms with E-state index in [0.717, 1.165) is 76.0 Å². The van der Waals surface area contributed by atoms with E-state index in [1.54, 1.807) is 0 Å². The van der Waals surface area contributed by atoms with E-state index in [0.29, 0.717) is 12.6 Å². The first kappa shape index (κ1) is 25.5. The number of nitrogens with one attached hydrogen (secondary N) is 1. The van der Waals surface area contributed by atoms with E-state index >= 15 is 0 Å². The number of rotatable bonds is 10. The van der Waals surface area contributed by atoms with Gasteiger partial charge in [0.25, 0.3) is 0 Å². The predicted octanol–water partition coefficient (Wildman–Crippen LogP) is 1.54. The highest BCUT2D eigenvalue weighted by Crippen LogP contribution is 2.21. The lowest BCUT2D eigenvalue weighted by molar-refractivity contribution is -0.159. The molecule has 1 fully saturated rings. The maximum Gasteiger partial charge on any atom is 0.414 e. The van der Waals surface area contributed by atoms with Gasteiger partial charge in [0.05, 0.1) is 19.8 Å². The molecular weight excluding hydrogens is 418 g/mol. The molecule has 11 nitrogen and oxygen atoms in total. The normalized spacial score (nSPS) is 14.7. The molecule has 0 atom stereocenters. The number of hydrogen-bond donors (Lipinski definition) is 3. The summed E-state index contributed by atoms with van der Waals surface area (Å²) in [7, 11) is 0. The molecule has 3 rings (SSSR count). The van der Waals surface area contributed by atoms with Gasteiger partial charge < -0.3 is 29.9 Å². The van der Waals surface area contributed by atoms with Crippen molar-refractivity contribution in [3.8, 4) is 0 Å². The molecule has 0 aliphatic carbocycles. The van der Waals surface area contributed by atoms with E-state index in [2.05, 4.69) is 19.8 Å². The highest BCUT2D eigenvalue weighted by Gasteiger charge is 2.21. The van der Waals surface area contributed by atoms with Crippen molar-refractivity contribution < 1.29 is 29.3 Å². The average Bonchev–Trinajstić information content (AvgIpc) is 3.13. The third-order valence-corrected chi connectivity index (χ3v) is 5.03. The van der Waals surface area contributed by atoms with E-state index in [-0.39, 0.29) is 0 Å². The number of pyridine rings is 1. The summed E-state index contributed by atoms with van der Waals surface area (Å²) in [4.78, 5) is 30.0. The molecule has 3 heterocycles. The Labute approximate surface area is 187 Å². The molecule has 1 aliphatic heterocycles. The largest absolute Gasteiger partial charge is 0.473 e. The molecule has 0 saturated carbocycles. The van der Waals surface area contributed by atoms with Crippen molar-refractivity contribution in [1.82, 2.24) is 19.4 Å². The van der Waals surface area contributed by atoms with E-state index < -0.39 is 11.9 Å². The third-order valence-electron chi connectivity index (χ3n) is 5.03. The van der Waals surface area contributed by atoms with Gasteiger partial charge in [-0.2, -0.15) is 0 Å². The number of imidazole rings is 1. The topological polar surface area (TPSA) is 139 Å². The Morgan fingerprint density at radius 1 is 1.09 bits per heavy atom. The quantitative estimate of drug-likeness (QED) is 0.360. The second-order valence-corrected chi connectivity index (χ2v) is 7.20. The van der Waals surface area contributed by atoms with Crippen LogP contribution in [0.4, 0.5) is 5.95 Å². The van der Waals surface area contributed by atoms with Gasteiger partial charge in [-0.25, -0.2) is 19.6 Å². The van der Waals surface area contributed by atoms with Crippen molar-refractivity contribution in [2.45, 2.75) is 39.3 Å². The van der Waals surface area contributed by atoms with Gasteiger partial charge in [-0.15, -0.1) is 0 Å². The number of carboxylic acids is 2. The average molecular weight is 452 g/mol. The van der Waals surface area contributed by atoms with Crippen molar-refractivity contribution in [3.63, 3.8) is 0 Å². The van der Waals surface area contributed by atoms with Crippen LogP contribution in [0.3, 0.4) is 0 Å². The summed E-state index contributed by atoms with van der Waals surface area (Å²) in [6.45, 7) is 11.1. The summed E-state index contributed by atoms with van der Waals surface area (Å²) < 4.78 is 13.1. The van der Waals surface area contributed by atoms with Crippen LogP contribution in [0.1, 0.15) is 26.7 Å². The van der Waals surface area contributed by atoms with Crippen LogP contribution in [0.15, 0.2) is 18.3 Å². The molecular formula is C21H33N5O6. The zero-order chi connectivity index (χ0) is 23.3. The Morgan fingerprint density at radius 2 is 1.72 bits per heavy atom. The molecule has 0 bridgehead atoms. The predicted molar refractivity (Wildman–Crippen MR) is 119 cm³/mol. The lowest BCUT2D eigenvalue weighted by Gasteiger charge is -2.32. The fourth-order valence-electron chi connectivity index (χ4n) is 3.40. The van der Waals surface area contributed by atoms with Crippen LogP contribution < -0.4 is 5.32 Å². The first-order chi connectivity index (χ1) is 15.5. The van der Waals surface area contributed by atoms with Crippen molar-refractivity contribution in [3.05, 3.63) is 18.3 Å². The molecule has 11 heteroatoms. The number of aromatic nitrogens is 3. The van der Waals surface area contributed by atoms with Crippen LogP contribution in [-0.4, -0.2) is 93.7 Å². The molecule has 178 valence electrons. The van der Waals surface area contributed by atoms with Gasteiger partial charge in [0.2, 0.25) is 5.95 Å². The van der Waals surface area contributed by atoms with Crippen LogP contribution in [0.5, 0.6) is 0 Å². The number of nitrogens with zero attached hydrogens (tertiary/aromatic N) is 4. The first-order valence-electron chi connectivity index (χ1n) is 10.9. The summed E-state index contributed by atoms with van der Waals surface area (Å²) in [6, 6.07) is 4.39. The maximum atomic E-state index is 9.10. The minimum Gasteiger partial charge on any atom is -0.473 e. The Balaban J connectivity index is 0.000000534. The van der Waals surface area contributed by atoms with Crippen molar-refractivity contribution >= 4 is 29.1 Å². The number of ether oxygens (including phenoxy) is 2. The fraction of sp³-hybridized carbons (Fsp3) is 0.619. The van der Waals surface area contributed by atoms with Crippen LogP contribution in [-0.2, 0) is 25.6 Å². The van der Waals surface area contributed by atoms with Gasteiger partial charge in [-0.1, -0.05) is 0 Å². The summed E-state index contributed by atoms with van der Waals surface area (Å²) in [5, 5.41) is 18.4. The highest BCUT2D eigenvalue weighted by atomic mass is 16.5. The Hall–Kier alpha value is -2.76. The van der Waals surface area contributed by atoms with Crippen LogP contribution in [0.2, 0.25) is 0 Å². The number of piperidine rings is 1. The zero-order valence-corrected chi connectivity index (χ0v) is 18.7. The lowest BCUT2D eigenvalue weighted by atomic mass is 10.1. The highest BCUT2D eigenvalue weighted by molar-refractivity contribution is 6.27. The molecule has 1 aliphatic rings. The van der Waals surface area contributed by atoms with Crippen molar-refractivity contribution in [2.24, 2.45) is 0 Å². The molecule has 0 aromatic carbocycles. The maximum absolute atomic E-state index is 9.10. The number of carbonyl (C=O) groups is 2. The van der Waals surface area contributed by atoms with Crippen LogP contribution in [0.25, 0.3) is 11.2 Å². The molecule has 2 aromatic rings. The van der Waals surface area contributed by atoms with Gasteiger partial charge in [0.1, 0.15) is 5.52 Å². The van der Waals surface area contributed by atoms with Gasteiger partial charge in [0, 0.05) is 45.1 Å². The molecule has 0 amide bonds. The number of fused-ring (bicyclic) bond motifs is 1. The summed E-state index contributed by atoms with van der Waals surface area (Å²) in [6.07, 6.45) is 4.06. The summed E-state index contributed by atoms with van der Waals surface area (Å²) in [5.74, 6) is -2.74. The van der Waals surface area contributed by atoms with Gasteiger partial charge in [0.15, 0.2) is 5.65 Å². The van der Waals surface area contributed by atoms with E-state index in [9.17, 15) is 0 Å². The summed E-state index contributed by atoms with van der Waals surface area (Å²) >= 11 is 0. The van der Waals surface area contributed by atoms with E-state index in [1.165, 1.54) is 0 Å². The zero-order valence-electron chi connectivity index (χ0n) is 18.7. The second kappa shape index (κ2) is 13.6. The Morgan fingerprint density at radius 3 is 2.31 bits per heavy atom. The van der Waals surface area contributed by atoms with Gasteiger partial charge in [-0.05, 0) is 38.8 Å². The van der Waals surface area contributed by atoms with Crippen LogP contribution >= 0.6 is 0 Å². The minimum absolute atomic E-state index is 0.445. The standard InChI is InChI=1S/C19H31N5O2.C2H2O4/c1-3-25-14-12-23-10-7-16(8-11-23)21-19-22-17-6-5-9-20-18(17)24(19)13-15-26-4-2;3-1(4)2(5)6/h5-6,9,16H,3-4,7-8,10-15H2,1-2H3,(H,21,22);(H,3,4)(H,5,6). The monoisotopic (exact) mass is 451 g/mol. The van der Waals surface area contributed by atoms with Gasteiger partial charge in [-0.3, -0.25) is 4.57 Å². The number of aliphatic carboxylic acids is 2. The number of likely N-dealkylation sites (tertiary alicyclic amines) is 1. The molecule has 3 N–H and O–H groups in total. The Kier molecular flexibility index (Phi) is 10.8. The second-order valence-electron chi connectivity index (χ2n) is 7.20. The third kappa shape index (κ3) is 8.06. The molecule has 1 saturated heterocycles. The molecule has 32 heavy (non-hydrogen) atoms. The van der Waals surface area contributed by atoms with E-state index in [1.807, 2.05) is 32.2 Å². The minimum atomic E-state index is -1.82.